The zero-order valence-corrected chi connectivity index (χ0v) is 16.0. The molecule has 5 nitrogen and oxygen atoms in total. The number of nitrogens with zero attached hydrogens (tertiary/aromatic N) is 1. The van der Waals surface area contributed by atoms with Crippen LogP contribution in [0.15, 0.2) is 24.3 Å². The van der Waals surface area contributed by atoms with E-state index in [-0.39, 0.29) is 29.1 Å². The number of thiazole rings is 1. The lowest BCUT2D eigenvalue weighted by Gasteiger charge is -2.15. The summed E-state index contributed by atoms with van der Waals surface area (Å²) in [6.07, 6.45) is 3.14. The van der Waals surface area contributed by atoms with Gasteiger partial charge in [0.05, 0.1) is 17.2 Å². The highest BCUT2D eigenvalue weighted by atomic mass is 32.2. The van der Waals surface area contributed by atoms with E-state index in [1.54, 1.807) is 11.3 Å². The first-order valence-electron chi connectivity index (χ1n) is 8.41. The SMILES string of the molecule is CC1CCc2nc(NC(=O)CSCC(=O)Nc3ccc(F)cc3)sc2C1. The van der Waals surface area contributed by atoms with Crippen LogP contribution in [0.4, 0.5) is 15.2 Å². The molecule has 0 bridgehead atoms. The van der Waals surface area contributed by atoms with Crippen LogP contribution in [0, 0.1) is 11.7 Å². The normalized spacial score (nSPS) is 16.0. The van der Waals surface area contributed by atoms with Crippen LogP contribution >= 0.6 is 23.1 Å². The molecule has 0 spiro atoms. The molecule has 0 saturated carbocycles. The average Bonchev–Trinajstić information content (AvgIpc) is 2.98. The van der Waals surface area contributed by atoms with Gasteiger partial charge in [0.15, 0.2) is 5.13 Å². The Morgan fingerprint density at radius 1 is 1.23 bits per heavy atom. The molecule has 1 heterocycles. The van der Waals surface area contributed by atoms with Crippen molar-refractivity contribution in [2.24, 2.45) is 5.92 Å². The van der Waals surface area contributed by atoms with Crippen molar-refractivity contribution in [2.75, 3.05) is 22.1 Å². The lowest BCUT2D eigenvalue weighted by Crippen LogP contribution is -2.18. The molecule has 8 heteroatoms. The highest BCUT2D eigenvalue weighted by molar-refractivity contribution is 8.00. The Morgan fingerprint density at radius 2 is 1.92 bits per heavy atom. The maximum Gasteiger partial charge on any atom is 0.236 e. The third-order valence-electron chi connectivity index (χ3n) is 4.03. The van der Waals surface area contributed by atoms with Gasteiger partial charge in [-0.25, -0.2) is 9.37 Å². The third-order valence-corrected chi connectivity index (χ3v) is 5.99. The number of anilines is 2. The smallest absolute Gasteiger partial charge is 0.236 e. The van der Waals surface area contributed by atoms with Crippen LogP contribution in [0.1, 0.15) is 23.9 Å². The van der Waals surface area contributed by atoms with Crippen molar-refractivity contribution in [3.8, 4) is 0 Å². The number of fused-ring (bicyclic) bond motifs is 1. The van der Waals surface area contributed by atoms with Crippen LogP contribution in [0.3, 0.4) is 0 Å². The second-order valence-corrected chi connectivity index (χ2v) is 8.40. The lowest BCUT2D eigenvalue weighted by atomic mass is 9.93. The van der Waals surface area contributed by atoms with E-state index < -0.39 is 0 Å². The summed E-state index contributed by atoms with van der Waals surface area (Å²) < 4.78 is 12.8. The van der Waals surface area contributed by atoms with E-state index in [4.69, 9.17) is 0 Å². The van der Waals surface area contributed by atoms with Gasteiger partial charge in [0.25, 0.3) is 0 Å². The highest BCUT2D eigenvalue weighted by Gasteiger charge is 2.20. The van der Waals surface area contributed by atoms with E-state index in [1.165, 1.54) is 40.9 Å². The van der Waals surface area contributed by atoms with E-state index in [1.807, 2.05) is 0 Å². The summed E-state index contributed by atoms with van der Waals surface area (Å²) in [6.45, 7) is 2.23. The monoisotopic (exact) mass is 393 g/mol. The first-order chi connectivity index (χ1) is 12.5. The minimum atomic E-state index is -0.354. The maximum atomic E-state index is 12.8. The van der Waals surface area contributed by atoms with Crippen molar-refractivity contribution >= 4 is 45.7 Å². The number of amides is 2. The van der Waals surface area contributed by atoms with Gasteiger partial charge in [-0.15, -0.1) is 23.1 Å². The molecule has 3 rings (SSSR count). The molecule has 0 fully saturated rings. The standard InChI is InChI=1S/C18H20FN3O2S2/c1-11-2-7-14-15(8-11)26-18(21-14)22-17(24)10-25-9-16(23)20-13-5-3-12(19)4-6-13/h3-6,11H,2,7-10H2,1H3,(H,20,23)(H,21,22,24). The molecule has 26 heavy (non-hydrogen) atoms. The molecule has 1 unspecified atom stereocenters. The van der Waals surface area contributed by atoms with Gasteiger partial charge in [0, 0.05) is 10.6 Å². The second-order valence-electron chi connectivity index (χ2n) is 6.33. The molecule has 0 radical (unpaired) electrons. The zero-order chi connectivity index (χ0) is 18.5. The van der Waals surface area contributed by atoms with Gasteiger partial charge in [-0.2, -0.15) is 0 Å². The summed E-state index contributed by atoms with van der Waals surface area (Å²) >= 11 is 2.77. The molecular formula is C18H20FN3O2S2. The number of carbonyl (C=O) groups is 2. The van der Waals surface area contributed by atoms with Gasteiger partial charge in [-0.1, -0.05) is 6.92 Å². The van der Waals surface area contributed by atoms with Crippen LogP contribution < -0.4 is 10.6 Å². The first-order valence-corrected chi connectivity index (χ1v) is 10.4. The van der Waals surface area contributed by atoms with Gasteiger partial charge in [0.1, 0.15) is 5.82 Å². The van der Waals surface area contributed by atoms with Gasteiger partial charge < -0.3 is 10.6 Å². The molecule has 1 aliphatic carbocycles. The maximum absolute atomic E-state index is 12.8. The quantitative estimate of drug-likeness (QED) is 0.785. The summed E-state index contributed by atoms with van der Waals surface area (Å²) in [4.78, 5) is 29.6. The number of rotatable bonds is 6. The number of aromatic nitrogens is 1. The van der Waals surface area contributed by atoms with Crippen LogP contribution in [-0.4, -0.2) is 28.3 Å². The molecule has 0 aliphatic heterocycles. The molecule has 2 N–H and O–H groups in total. The Balaban J connectivity index is 1.40. The number of thioether (sulfide) groups is 1. The van der Waals surface area contributed by atoms with Gasteiger partial charge in [-0.05, 0) is 49.4 Å². The largest absolute Gasteiger partial charge is 0.325 e. The van der Waals surface area contributed by atoms with Crippen LogP contribution in [-0.2, 0) is 22.4 Å². The predicted molar refractivity (Wildman–Crippen MR) is 104 cm³/mol. The minimum absolute atomic E-state index is 0.149. The summed E-state index contributed by atoms with van der Waals surface area (Å²) in [7, 11) is 0. The number of hydrogen-bond donors (Lipinski definition) is 2. The van der Waals surface area contributed by atoms with Gasteiger partial charge in [0.2, 0.25) is 11.8 Å². The Hall–Kier alpha value is -1.93. The van der Waals surface area contributed by atoms with E-state index in [0.29, 0.717) is 16.7 Å². The number of halogens is 1. The summed E-state index contributed by atoms with van der Waals surface area (Å²) in [6, 6.07) is 5.56. The topological polar surface area (TPSA) is 71.1 Å². The second kappa shape index (κ2) is 8.64. The summed E-state index contributed by atoms with van der Waals surface area (Å²) in [5.74, 6) is 0.250. The van der Waals surface area contributed by atoms with Crippen LogP contribution in [0.2, 0.25) is 0 Å². The molecule has 138 valence electrons. The summed E-state index contributed by atoms with van der Waals surface area (Å²) in [5, 5.41) is 6.12. The molecule has 1 aromatic carbocycles. The number of carbonyl (C=O) groups excluding carboxylic acids is 2. The number of aryl methyl sites for hydroxylation is 1. The van der Waals surface area contributed by atoms with Crippen molar-refractivity contribution in [2.45, 2.75) is 26.2 Å². The molecule has 2 aromatic rings. The van der Waals surface area contributed by atoms with Crippen molar-refractivity contribution in [3.05, 3.63) is 40.7 Å². The number of benzene rings is 1. The Bertz CT molecular complexity index is 792. The van der Waals surface area contributed by atoms with E-state index >= 15 is 0 Å². The predicted octanol–water partition coefficient (Wildman–Crippen LogP) is 3.72. The van der Waals surface area contributed by atoms with Gasteiger partial charge >= 0.3 is 0 Å². The number of hydrogen-bond acceptors (Lipinski definition) is 5. The summed E-state index contributed by atoms with van der Waals surface area (Å²) in [5.41, 5.74) is 1.64. The third kappa shape index (κ3) is 5.28. The molecule has 1 aromatic heterocycles. The molecule has 1 aliphatic rings. The fourth-order valence-electron chi connectivity index (χ4n) is 2.72. The lowest BCUT2D eigenvalue weighted by molar-refractivity contribution is -0.114. The fraction of sp³-hybridized carbons (Fsp3) is 0.389. The highest BCUT2D eigenvalue weighted by Crippen LogP contribution is 2.32. The molecular weight excluding hydrogens is 373 g/mol. The van der Waals surface area contributed by atoms with E-state index in [9.17, 15) is 14.0 Å². The number of nitrogens with one attached hydrogen (secondary N) is 2. The Morgan fingerprint density at radius 3 is 2.65 bits per heavy atom. The van der Waals surface area contributed by atoms with Crippen molar-refractivity contribution in [1.82, 2.24) is 4.98 Å². The first kappa shape index (κ1) is 18.8. The molecule has 2 amide bonds. The zero-order valence-electron chi connectivity index (χ0n) is 14.4. The van der Waals surface area contributed by atoms with Crippen molar-refractivity contribution < 1.29 is 14.0 Å². The average molecular weight is 394 g/mol. The van der Waals surface area contributed by atoms with Crippen molar-refractivity contribution in [1.29, 1.82) is 0 Å². The molecule has 0 saturated heterocycles. The Labute approximate surface area is 159 Å². The van der Waals surface area contributed by atoms with Crippen molar-refractivity contribution in [3.63, 3.8) is 0 Å². The fourth-order valence-corrected chi connectivity index (χ4v) is 4.52. The Kier molecular flexibility index (Phi) is 6.26. The van der Waals surface area contributed by atoms with E-state index in [0.717, 1.165) is 25.0 Å². The van der Waals surface area contributed by atoms with Crippen LogP contribution in [0.25, 0.3) is 0 Å². The van der Waals surface area contributed by atoms with Crippen LogP contribution in [0.5, 0.6) is 0 Å². The molecule has 1 atom stereocenters. The van der Waals surface area contributed by atoms with E-state index in [2.05, 4.69) is 22.5 Å². The van der Waals surface area contributed by atoms with Gasteiger partial charge in [-0.3, -0.25) is 9.59 Å². The minimum Gasteiger partial charge on any atom is -0.325 e.